The zero-order chi connectivity index (χ0) is 6.24. The number of rotatable bonds is 2. The van der Waals surface area contributed by atoms with Crippen molar-refractivity contribution in [1.82, 2.24) is 0 Å². The number of hydrogen-bond donors (Lipinski definition) is 1. The first-order valence-corrected chi connectivity index (χ1v) is 2.17. The van der Waals surface area contributed by atoms with Gasteiger partial charge in [0.05, 0.1) is 0 Å². The summed E-state index contributed by atoms with van der Waals surface area (Å²) in [6.45, 7) is 3.34. The normalized spacial score (nSPS) is 5.50. The molecule has 0 aromatic rings. The van der Waals surface area contributed by atoms with Gasteiger partial charge in [-0.15, -0.1) is 11.5 Å². The van der Waals surface area contributed by atoms with E-state index in [2.05, 4.69) is 18.0 Å². The minimum atomic E-state index is 1.16. The maximum absolute atomic E-state index is 6.53. The highest BCUT2D eigenvalue weighted by molar-refractivity contribution is 5.67. The summed E-state index contributed by atoms with van der Waals surface area (Å²) >= 11 is 0. The monoisotopic (exact) mass is 105 g/mol. The van der Waals surface area contributed by atoms with Crippen molar-refractivity contribution in [1.29, 1.82) is 5.41 Å². The predicted molar refractivity (Wildman–Crippen MR) is 35.1 cm³/mol. The molecule has 1 nitrogen and oxygen atoms in total. The Morgan fingerprint density at radius 3 is 2.50 bits per heavy atom. The molecule has 1 N–H and O–H groups in total. The van der Waals surface area contributed by atoms with Crippen molar-refractivity contribution >= 4 is 6.21 Å². The fraction of sp³-hybridized carbons (Fsp3) is 0. The van der Waals surface area contributed by atoms with Gasteiger partial charge < -0.3 is 5.41 Å². The molecule has 0 aromatic heterocycles. The van der Waals surface area contributed by atoms with Gasteiger partial charge in [0.1, 0.15) is 0 Å². The van der Waals surface area contributed by atoms with Gasteiger partial charge >= 0.3 is 0 Å². The van der Waals surface area contributed by atoms with Gasteiger partial charge in [-0.05, 0) is 18.2 Å². The van der Waals surface area contributed by atoms with Crippen LogP contribution in [-0.2, 0) is 0 Å². The van der Waals surface area contributed by atoms with Crippen molar-refractivity contribution in [3.05, 3.63) is 36.3 Å². The van der Waals surface area contributed by atoms with Crippen LogP contribution >= 0.6 is 0 Å². The largest absolute Gasteiger partial charge is 0.308 e. The lowest BCUT2D eigenvalue weighted by molar-refractivity contribution is 1.58. The number of allylic oxidation sites excluding steroid dienone is 2. The summed E-state index contributed by atoms with van der Waals surface area (Å²) in [6.07, 6.45) is 5.92. The molecule has 0 aliphatic heterocycles. The van der Waals surface area contributed by atoms with Crippen LogP contribution in [0.15, 0.2) is 36.3 Å². The molecule has 0 fully saturated rings. The van der Waals surface area contributed by atoms with Crippen molar-refractivity contribution < 1.29 is 0 Å². The molecule has 0 aliphatic carbocycles. The molecule has 0 unspecified atom stereocenters. The Morgan fingerprint density at radius 1 is 1.25 bits per heavy atom. The highest BCUT2D eigenvalue weighted by atomic mass is 14.3. The highest BCUT2D eigenvalue weighted by Gasteiger charge is 1.49. The molecular weight excluding hydrogens is 98.1 g/mol. The molecule has 0 saturated carbocycles. The van der Waals surface area contributed by atoms with Crippen LogP contribution in [0, 0.1) is 5.41 Å². The van der Waals surface area contributed by atoms with E-state index in [1.807, 2.05) is 0 Å². The smallest absolute Gasteiger partial charge is 0.0254 e. The Kier molecular flexibility index (Phi) is 4.79. The van der Waals surface area contributed by atoms with Gasteiger partial charge in [-0.25, -0.2) is 0 Å². The molecule has 0 saturated heterocycles. The third-order valence-electron chi connectivity index (χ3n) is 0.477. The molecule has 0 heterocycles. The lowest BCUT2D eigenvalue weighted by Crippen LogP contribution is -1.47. The van der Waals surface area contributed by atoms with Gasteiger partial charge in [0.2, 0.25) is 0 Å². The standard InChI is InChI=1S/C7H7N/c1-2-3-4-5-6-7-8/h3-4,6-8H,1H2. The van der Waals surface area contributed by atoms with E-state index >= 15 is 0 Å². The van der Waals surface area contributed by atoms with Crippen LogP contribution in [0.2, 0.25) is 0 Å². The summed E-state index contributed by atoms with van der Waals surface area (Å²) in [5.74, 6) is 0. The van der Waals surface area contributed by atoms with Crippen LogP contribution in [0.1, 0.15) is 0 Å². The van der Waals surface area contributed by atoms with E-state index in [0.717, 1.165) is 6.21 Å². The molecule has 0 aliphatic rings. The second-order valence-electron chi connectivity index (χ2n) is 1.04. The zero-order valence-corrected chi connectivity index (χ0v) is 4.52. The third-order valence-corrected chi connectivity index (χ3v) is 0.477. The van der Waals surface area contributed by atoms with E-state index in [0.29, 0.717) is 0 Å². The fourth-order valence-electron chi connectivity index (χ4n) is 0.211. The predicted octanol–water partition coefficient (Wildman–Crippen LogP) is 1.69. The van der Waals surface area contributed by atoms with E-state index in [4.69, 9.17) is 5.41 Å². The van der Waals surface area contributed by atoms with Gasteiger partial charge in [0, 0.05) is 6.21 Å². The van der Waals surface area contributed by atoms with Crippen molar-refractivity contribution in [2.45, 2.75) is 0 Å². The summed E-state index contributed by atoms with van der Waals surface area (Å²) in [6, 6.07) is 0. The molecule has 0 atom stereocenters. The Bertz CT molecular complexity index is 165. The zero-order valence-electron chi connectivity index (χ0n) is 4.52. The van der Waals surface area contributed by atoms with Crippen LogP contribution < -0.4 is 0 Å². The van der Waals surface area contributed by atoms with Crippen LogP contribution in [-0.4, -0.2) is 6.21 Å². The molecule has 0 aromatic carbocycles. The Morgan fingerprint density at radius 2 is 2.00 bits per heavy atom. The Hall–Kier alpha value is -1.29. The van der Waals surface area contributed by atoms with Gasteiger partial charge in [0.15, 0.2) is 0 Å². The Labute approximate surface area is 48.9 Å². The number of hydrogen-bond acceptors (Lipinski definition) is 1. The maximum atomic E-state index is 6.53. The first-order chi connectivity index (χ1) is 3.91. The lowest BCUT2D eigenvalue weighted by Gasteiger charge is -1.57. The topological polar surface area (TPSA) is 23.9 Å². The Balaban J connectivity index is 3.81. The molecule has 0 amide bonds. The lowest BCUT2D eigenvalue weighted by atomic mass is 10.5. The van der Waals surface area contributed by atoms with Crippen LogP contribution in [0.4, 0.5) is 0 Å². The van der Waals surface area contributed by atoms with E-state index in [1.165, 1.54) is 6.08 Å². The first kappa shape index (κ1) is 6.71. The van der Waals surface area contributed by atoms with Gasteiger partial charge in [-0.3, -0.25) is 0 Å². The maximum Gasteiger partial charge on any atom is 0.0254 e. The van der Waals surface area contributed by atoms with Crippen molar-refractivity contribution in [2.75, 3.05) is 0 Å². The summed E-state index contributed by atoms with van der Waals surface area (Å²) < 4.78 is 0. The summed E-state index contributed by atoms with van der Waals surface area (Å²) in [7, 11) is 0. The van der Waals surface area contributed by atoms with E-state index in [1.54, 1.807) is 12.2 Å². The summed E-state index contributed by atoms with van der Waals surface area (Å²) in [4.78, 5) is 0. The molecule has 0 spiro atoms. The minimum Gasteiger partial charge on any atom is -0.308 e. The molecule has 0 rings (SSSR count). The van der Waals surface area contributed by atoms with E-state index < -0.39 is 0 Å². The molecule has 8 heavy (non-hydrogen) atoms. The molecule has 40 valence electrons. The first-order valence-electron chi connectivity index (χ1n) is 2.17. The van der Waals surface area contributed by atoms with Crippen molar-refractivity contribution in [3.8, 4) is 0 Å². The average molecular weight is 105 g/mol. The summed E-state index contributed by atoms with van der Waals surface area (Å²) in [5, 5.41) is 6.53. The van der Waals surface area contributed by atoms with Crippen LogP contribution in [0.25, 0.3) is 0 Å². The summed E-state index contributed by atoms with van der Waals surface area (Å²) in [5.41, 5.74) is 5.22. The van der Waals surface area contributed by atoms with Crippen molar-refractivity contribution in [3.63, 3.8) is 0 Å². The van der Waals surface area contributed by atoms with Gasteiger partial charge in [-0.1, -0.05) is 6.58 Å². The molecular formula is C7H7N. The highest BCUT2D eigenvalue weighted by Crippen LogP contribution is 1.65. The van der Waals surface area contributed by atoms with E-state index in [-0.39, 0.29) is 0 Å². The van der Waals surface area contributed by atoms with Crippen LogP contribution in [0.5, 0.6) is 0 Å². The molecule has 1 heteroatoms. The van der Waals surface area contributed by atoms with Gasteiger partial charge in [0.25, 0.3) is 0 Å². The van der Waals surface area contributed by atoms with Gasteiger partial charge in [-0.2, -0.15) is 0 Å². The fourth-order valence-corrected chi connectivity index (χ4v) is 0.211. The SMILES string of the molecule is C=C=CC=C=CC=N. The number of nitrogens with one attached hydrogen (secondary N) is 1. The quantitative estimate of drug-likeness (QED) is 0.314. The third kappa shape index (κ3) is 4.71. The average Bonchev–Trinajstić information content (AvgIpc) is 1.81. The second-order valence-corrected chi connectivity index (χ2v) is 1.04. The van der Waals surface area contributed by atoms with Crippen molar-refractivity contribution in [2.24, 2.45) is 0 Å². The molecule has 0 radical (unpaired) electrons. The van der Waals surface area contributed by atoms with E-state index in [9.17, 15) is 0 Å². The second kappa shape index (κ2) is 5.71. The van der Waals surface area contributed by atoms with Crippen LogP contribution in [0.3, 0.4) is 0 Å². The minimum absolute atomic E-state index is 1.16. The molecule has 0 bridgehead atoms.